The van der Waals surface area contributed by atoms with Crippen molar-refractivity contribution in [2.45, 2.75) is 15.4 Å². The summed E-state index contributed by atoms with van der Waals surface area (Å²) in [6, 6.07) is 11.2. The van der Waals surface area contributed by atoms with Crippen molar-refractivity contribution < 1.29 is 18.0 Å². The summed E-state index contributed by atoms with van der Waals surface area (Å²) in [5.41, 5.74) is 0.0109. The minimum atomic E-state index is -4.46. The highest BCUT2D eigenvalue weighted by Crippen LogP contribution is 2.36. The molecule has 30 heavy (non-hydrogen) atoms. The molecule has 0 saturated carbocycles. The van der Waals surface area contributed by atoms with Crippen molar-refractivity contribution in [2.24, 2.45) is 0 Å². The van der Waals surface area contributed by atoms with Crippen LogP contribution >= 0.6 is 34.7 Å². The number of aromatic nitrogens is 3. The maximum atomic E-state index is 12.6. The van der Waals surface area contributed by atoms with E-state index in [9.17, 15) is 18.0 Å². The van der Waals surface area contributed by atoms with Crippen LogP contribution in [0.3, 0.4) is 0 Å². The maximum Gasteiger partial charge on any atom is 0.416 e. The zero-order valence-electron chi connectivity index (χ0n) is 14.8. The molecule has 152 valence electrons. The Morgan fingerprint density at radius 1 is 1.07 bits per heavy atom. The normalized spacial score (nSPS) is 11.6. The molecule has 0 spiro atoms. The van der Waals surface area contributed by atoms with Gasteiger partial charge in [-0.2, -0.15) is 13.2 Å². The van der Waals surface area contributed by atoms with Crippen LogP contribution in [0.2, 0.25) is 5.02 Å². The molecular formula is C19H10ClF3N4OS2. The lowest BCUT2D eigenvalue weighted by Gasteiger charge is -2.07. The Kier molecular flexibility index (Phi) is 5.63. The minimum absolute atomic E-state index is 0.0874. The fourth-order valence-electron chi connectivity index (χ4n) is 2.56. The highest BCUT2D eigenvalue weighted by Gasteiger charge is 2.30. The van der Waals surface area contributed by atoms with Crippen LogP contribution in [0.1, 0.15) is 15.9 Å². The van der Waals surface area contributed by atoms with E-state index in [4.69, 9.17) is 11.6 Å². The molecule has 0 aliphatic heterocycles. The van der Waals surface area contributed by atoms with Gasteiger partial charge in [-0.3, -0.25) is 15.1 Å². The van der Waals surface area contributed by atoms with E-state index >= 15 is 0 Å². The summed E-state index contributed by atoms with van der Waals surface area (Å²) in [4.78, 5) is 17.5. The SMILES string of the molecule is O=C(Nc1nnc(Sc2ccnc3cc(Cl)ccc23)s1)c1ccc(C(F)(F)F)cc1. The highest BCUT2D eigenvalue weighted by molar-refractivity contribution is 8.01. The van der Waals surface area contributed by atoms with Gasteiger partial charge in [-0.05, 0) is 42.5 Å². The van der Waals surface area contributed by atoms with Crippen molar-refractivity contribution in [2.75, 3.05) is 5.32 Å². The molecule has 5 nitrogen and oxygen atoms in total. The van der Waals surface area contributed by atoms with Gasteiger partial charge in [0.25, 0.3) is 5.91 Å². The van der Waals surface area contributed by atoms with Crippen molar-refractivity contribution in [1.29, 1.82) is 0 Å². The second kappa shape index (κ2) is 8.21. The van der Waals surface area contributed by atoms with Crippen LogP contribution in [-0.4, -0.2) is 21.1 Å². The summed E-state index contributed by atoms with van der Waals surface area (Å²) in [5, 5.41) is 12.3. The van der Waals surface area contributed by atoms with Crippen LogP contribution in [0.4, 0.5) is 18.3 Å². The van der Waals surface area contributed by atoms with E-state index in [0.717, 1.165) is 51.4 Å². The van der Waals surface area contributed by atoms with E-state index in [-0.39, 0.29) is 10.7 Å². The molecule has 0 radical (unpaired) electrons. The fourth-order valence-corrected chi connectivity index (χ4v) is 4.55. The van der Waals surface area contributed by atoms with Crippen LogP contribution in [0.15, 0.2) is 64.0 Å². The standard InChI is InChI=1S/C19H10ClF3N4OS2/c20-12-5-6-13-14(9-12)24-8-7-15(13)29-18-27-26-17(30-18)25-16(28)10-1-3-11(4-2-10)19(21,22)23/h1-9H,(H,25,26,28). The Balaban J connectivity index is 1.48. The summed E-state index contributed by atoms with van der Waals surface area (Å²) in [7, 11) is 0. The second-order valence-electron chi connectivity index (χ2n) is 5.97. The number of halogens is 4. The van der Waals surface area contributed by atoms with E-state index in [1.807, 2.05) is 12.1 Å². The molecule has 1 amide bonds. The number of anilines is 1. The minimum Gasteiger partial charge on any atom is -0.296 e. The molecule has 2 aromatic carbocycles. The summed E-state index contributed by atoms with van der Waals surface area (Å²) >= 11 is 8.51. The van der Waals surface area contributed by atoms with Crippen LogP contribution in [0.5, 0.6) is 0 Å². The lowest BCUT2D eigenvalue weighted by Crippen LogP contribution is -2.12. The smallest absolute Gasteiger partial charge is 0.296 e. The molecule has 4 aromatic rings. The number of hydrogen-bond acceptors (Lipinski definition) is 6. The molecule has 11 heteroatoms. The van der Waals surface area contributed by atoms with E-state index in [1.165, 1.54) is 11.8 Å². The van der Waals surface area contributed by atoms with Gasteiger partial charge in [0.05, 0.1) is 11.1 Å². The molecule has 2 heterocycles. The Bertz CT molecular complexity index is 1230. The first-order chi connectivity index (χ1) is 14.3. The van der Waals surface area contributed by atoms with E-state index in [1.54, 1.807) is 18.3 Å². The molecule has 1 N–H and O–H groups in total. The summed E-state index contributed by atoms with van der Waals surface area (Å²) in [5.74, 6) is -0.569. The van der Waals surface area contributed by atoms with Crippen molar-refractivity contribution in [3.63, 3.8) is 0 Å². The van der Waals surface area contributed by atoms with Crippen LogP contribution in [-0.2, 0) is 6.18 Å². The van der Waals surface area contributed by atoms with Crippen molar-refractivity contribution in [1.82, 2.24) is 15.2 Å². The van der Waals surface area contributed by atoms with Crippen molar-refractivity contribution >= 4 is 56.6 Å². The largest absolute Gasteiger partial charge is 0.416 e. The third kappa shape index (κ3) is 4.55. The third-order valence-corrected chi connectivity index (χ3v) is 6.16. The van der Waals surface area contributed by atoms with Gasteiger partial charge in [-0.25, -0.2) is 0 Å². The number of carbonyl (C=O) groups excluding carboxylic acids is 1. The molecule has 0 unspecified atom stereocenters. The topological polar surface area (TPSA) is 67.8 Å². The zero-order valence-corrected chi connectivity index (χ0v) is 17.2. The van der Waals surface area contributed by atoms with Crippen LogP contribution in [0, 0.1) is 0 Å². The number of fused-ring (bicyclic) bond motifs is 1. The number of rotatable bonds is 4. The molecule has 2 aromatic heterocycles. The van der Waals surface area contributed by atoms with Gasteiger partial charge in [0, 0.05) is 27.1 Å². The predicted octanol–water partition coefficient (Wildman–Crippen LogP) is 6.16. The van der Waals surface area contributed by atoms with Crippen molar-refractivity contribution in [3.05, 3.63) is 70.9 Å². The summed E-state index contributed by atoms with van der Waals surface area (Å²) in [6.45, 7) is 0. The van der Waals surface area contributed by atoms with Gasteiger partial charge in [0.2, 0.25) is 5.13 Å². The number of alkyl halides is 3. The summed E-state index contributed by atoms with van der Waals surface area (Å²) in [6.07, 6.45) is -2.79. The van der Waals surface area contributed by atoms with Crippen LogP contribution < -0.4 is 5.32 Å². The van der Waals surface area contributed by atoms with Gasteiger partial charge >= 0.3 is 6.18 Å². The molecule has 0 fully saturated rings. The zero-order chi connectivity index (χ0) is 21.3. The number of pyridine rings is 1. The van der Waals surface area contributed by atoms with Gasteiger partial charge in [-0.15, -0.1) is 10.2 Å². The number of amides is 1. The van der Waals surface area contributed by atoms with Crippen LogP contribution in [0.25, 0.3) is 10.9 Å². The third-order valence-electron chi connectivity index (χ3n) is 3.96. The van der Waals surface area contributed by atoms with Crippen molar-refractivity contribution in [3.8, 4) is 0 Å². The van der Waals surface area contributed by atoms with Gasteiger partial charge in [-0.1, -0.05) is 40.8 Å². The Morgan fingerprint density at radius 2 is 1.83 bits per heavy atom. The Hall–Kier alpha value is -2.69. The van der Waals surface area contributed by atoms with E-state index in [0.29, 0.717) is 9.36 Å². The monoisotopic (exact) mass is 466 g/mol. The number of carbonyl (C=O) groups is 1. The Morgan fingerprint density at radius 3 is 2.57 bits per heavy atom. The average Bonchev–Trinajstić information content (AvgIpc) is 3.14. The second-order valence-corrected chi connectivity index (χ2v) is 8.68. The number of hydrogen-bond donors (Lipinski definition) is 1. The molecule has 0 atom stereocenters. The van der Waals surface area contributed by atoms with E-state index < -0.39 is 17.6 Å². The number of benzene rings is 2. The molecule has 4 rings (SSSR count). The highest BCUT2D eigenvalue weighted by atomic mass is 35.5. The average molecular weight is 467 g/mol. The van der Waals surface area contributed by atoms with E-state index in [2.05, 4.69) is 20.5 Å². The molecule has 0 saturated heterocycles. The number of nitrogens with zero attached hydrogens (tertiary/aromatic N) is 3. The maximum absolute atomic E-state index is 12.6. The first-order valence-corrected chi connectivity index (χ1v) is 10.3. The fraction of sp³-hybridized carbons (Fsp3) is 0.0526. The molecule has 0 aliphatic carbocycles. The lowest BCUT2D eigenvalue weighted by atomic mass is 10.1. The van der Waals surface area contributed by atoms with Gasteiger partial charge in [0.1, 0.15) is 0 Å². The molecule has 0 bridgehead atoms. The first kappa shape index (κ1) is 20.6. The summed E-state index contributed by atoms with van der Waals surface area (Å²) < 4.78 is 38.5. The lowest BCUT2D eigenvalue weighted by molar-refractivity contribution is -0.137. The molecule has 0 aliphatic rings. The number of nitrogens with one attached hydrogen (secondary N) is 1. The van der Waals surface area contributed by atoms with Gasteiger partial charge < -0.3 is 0 Å². The van der Waals surface area contributed by atoms with Gasteiger partial charge in [0.15, 0.2) is 4.34 Å². The quantitative estimate of drug-likeness (QED) is 0.365. The first-order valence-electron chi connectivity index (χ1n) is 8.34. The predicted molar refractivity (Wildman–Crippen MR) is 110 cm³/mol. The Labute approximate surface area is 181 Å². The molecular weight excluding hydrogens is 457 g/mol.